The number of carbonyl (C=O) groups excluding carboxylic acids is 1. The molecule has 0 spiro atoms. The molecule has 4 nitrogen and oxygen atoms in total. The molecule has 134 valence electrons. The molecule has 0 N–H and O–H groups in total. The van der Waals surface area contributed by atoms with Crippen LogP contribution in [0, 0.1) is 0 Å². The van der Waals surface area contributed by atoms with Crippen molar-refractivity contribution in [2.24, 2.45) is 0 Å². The Kier molecular flexibility index (Phi) is 6.03. The molecule has 0 aliphatic heterocycles. The minimum absolute atomic E-state index is 0.145. The van der Waals surface area contributed by atoms with Crippen LogP contribution in [0.5, 0.6) is 11.5 Å². The Bertz CT molecular complexity index is 724. The lowest BCUT2D eigenvalue weighted by Gasteiger charge is -2.12. The Morgan fingerprint density at radius 1 is 1.00 bits per heavy atom. The average molecular weight is 354 g/mol. The number of methoxy groups -OCH3 is 1. The van der Waals surface area contributed by atoms with E-state index in [0.29, 0.717) is 29.0 Å². The van der Waals surface area contributed by atoms with Crippen LogP contribution >= 0.6 is 0 Å². The van der Waals surface area contributed by atoms with E-state index in [0.717, 1.165) is 0 Å². The van der Waals surface area contributed by atoms with Crippen LogP contribution in [-0.2, 0) is 4.74 Å². The summed E-state index contributed by atoms with van der Waals surface area (Å²) in [5.74, 6) is -0.0428. The fourth-order valence-electron chi connectivity index (χ4n) is 2.20. The van der Waals surface area contributed by atoms with Crippen LogP contribution < -0.4 is 9.47 Å². The second-order valence-corrected chi connectivity index (χ2v) is 5.18. The molecule has 0 fully saturated rings. The maximum absolute atomic E-state index is 12.2. The largest absolute Gasteiger partial charge is 0.573 e. The zero-order chi connectivity index (χ0) is 18.4. The number of halogens is 3. The number of alkyl halides is 3. The summed E-state index contributed by atoms with van der Waals surface area (Å²) in [5, 5.41) is 0. The first kappa shape index (κ1) is 18.8. The number of ether oxygens (including phenoxy) is 3. The number of ketones is 1. The Labute approximate surface area is 143 Å². The summed E-state index contributed by atoms with van der Waals surface area (Å²) in [4.78, 5) is 11.7. The van der Waals surface area contributed by atoms with Gasteiger partial charge in [-0.05, 0) is 42.3 Å². The maximum atomic E-state index is 12.2. The number of carbonyl (C=O) groups is 1. The van der Waals surface area contributed by atoms with Crippen molar-refractivity contribution in [3.63, 3.8) is 0 Å². The topological polar surface area (TPSA) is 44.8 Å². The highest BCUT2D eigenvalue weighted by molar-refractivity contribution is 5.97. The van der Waals surface area contributed by atoms with Gasteiger partial charge in [0.2, 0.25) is 0 Å². The quantitative estimate of drug-likeness (QED) is 0.543. The number of Topliss-reactive ketones (excluding diaryl/α,β-unsaturated/α-hetero) is 1. The molecule has 0 aliphatic carbocycles. The fraction of sp³-hybridized carbons (Fsp3) is 0.278. The van der Waals surface area contributed by atoms with Gasteiger partial charge in [0.05, 0.1) is 12.2 Å². The molecule has 0 saturated carbocycles. The third-order valence-electron chi connectivity index (χ3n) is 3.33. The molecule has 0 aromatic heterocycles. The van der Waals surface area contributed by atoms with Crippen molar-refractivity contribution in [3.8, 4) is 22.6 Å². The van der Waals surface area contributed by atoms with Crippen molar-refractivity contribution < 1.29 is 32.2 Å². The van der Waals surface area contributed by atoms with E-state index in [4.69, 9.17) is 9.47 Å². The number of hydrogen-bond acceptors (Lipinski definition) is 4. The van der Waals surface area contributed by atoms with Gasteiger partial charge in [0.1, 0.15) is 18.1 Å². The van der Waals surface area contributed by atoms with Crippen LogP contribution in [0.4, 0.5) is 13.2 Å². The summed E-state index contributed by atoms with van der Waals surface area (Å²) >= 11 is 0. The van der Waals surface area contributed by atoms with Gasteiger partial charge in [0.25, 0.3) is 0 Å². The second kappa shape index (κ2) is 8.02. The number of hydrogen-bond donors (Lipinski definition) is 0. The predicted molar refractivity (Wildman–Crippen MR) is 85.9 cm³/mol. The van der Waals surface area contributed by atoms with E-state index < -0.39 is 6.36 Å². The van der Waals surface area contributed by atoms with Gasteiger partial charge in [-0.3, -0.25) is 4.79 Å². The van der Waals surface area contributed by atoms with E-state index >= 15 is 0 Å². The lowest BCUT2D eigenvalue weighted by Crippen LogP contribution is -2.16. The molecular formula is C18H17F3O4. The Morgan fingerprint density at radius 2 is 1.64 bits per heavy atom. The highest BCUT2D eigenvalue weighted by atomic mass is 19.4. The van der Waals surface area contributed by atoms with Gasteiger partial charge in [0.15, 0.2) is 5.78 Å². The SMILES string of the molecule is COCCOc1cc(-c2ccc(OC(F)(F)F)cc2)ccc1C(C)=O. The van der Waals surface area contributed by atoms with Crippen molar-refractivity contribution in [1.82, 2.24) is 0 Å². The lowest BCUT2D eigenvalue weighted by atomic mass is 10.0. The molecule has 0 radical (unpaired) electrons. The Balaban J connectivity index is 2.26. The van der Waals surface area contributed by atoms with Gasteiger partial charge in [-0.2, -0.15) is 0 Å². The lowest BCUT2D eigenvalue weighted by molar-refractivity contribution is -0.274. The van der Waals surface area contributed by atoms with Gasteiger partial charge in [-0.15, -0.1) is 13.2 Å². The second-order valence-electron chi connectivity index (χ2n) is 5.18. The molecular weight excluding hydrogens is 337 g/mol. The van der Waals surface area contributed by atoms with E-state index in [9.17, 15) is 18.0 Å². The summed E-state index contributed by atoms with van der Waals surface area (Å²) < 4.78 is 50.9. The molecule has 0 amide bonds. The third kappa shape index (κ3) is 5.49. The normalized spacial score (nSPS) is 11.2. The minimum atomic E-state index is -4.73. The van der Waals surface area contributed by atoms with Crippen molar-refractivity contribution in [2.45, 2.75) is 13.3 Å². The van der Waals surface area contributed by atoms with E-state index in [1.165, 1.54) is 38.3 Å². The van der Waals surface area contributed by atoms with Crippen molar-refractivity contribution in [1.29, 1.82) is 0 Å². The highest BCUT2D eigenvalue weighted by Crippen LogP contribution is 2.30. The van der Waals surface area contributed by atoms with Crippen LogP contribution in [0.25, 0.3) is 11.1 Å². The van der Waals surface area contributed by atoms with Crippen LogP contribution in [-0.4, -0.2) is 32.5 Å². The molecule has 2 rings (SSSR count). The molecule has 2 aromatic rings. The van der Waals surface area contributed by atoms with Gasteiger partial charge < -0.3 is 14.2 Å². The fourth-order valence-corrected chi connectivity index (χ4v) is 2.20. The maximum Gasteiger partial charge on any atom is 0.573 e. The smallest absolute Gasteiger partial charge is 0.490 e. The standard InChI is InChI=1S/C18H17F3O4/c1-12(22)16-8-5-14(11-17(16)24-10-9-23-2)13-3-6-15(7-4-13)25-18(19,20)21/h3-8,11H,9-10H2,1-2H3. The van der Waals surface area contributed by atoms with Gasteiger partial charge in [-0.25, -0.2) is 0 Å². The molecule has 0 atom stereocenters. The molecule has 0 saturated heterocycles. The highest BCUT2D eigenvalue weighted by Gasteiger charge is 2.30. The molecule has 7 heteroatoms. The van der Waals surface area contributed by atoms with Crippen molar-refractivity contribution in [2.75, 3.05) is 20.3 Å². The number of benzene rings is 2. The molecule has 0 heterocycles. The van der Waals surface area contributed by atoms with E-state index in [1.54, 1.807) is 18.2 Å². The van der Waals surface area contributed by atoms with E-state index in [2.05, 4.69) is 4.74 Å². The molecule has 0 bridgehead atoms. The summed E-state index contributed by atoms with van der Waals surface area (Å²) in [5.41, 5.74) is 1.80. The van der Waals surface area contributed by atoms with E-state index in [-0.39, 0.29) is 18.1 Å². The first-order chi connectivity index (χ1) is 11.8. The minimum Gasteiger partial charge on any atom is -0.490 e. The third-order valence-corrected chi connectivity index (χ3v) is 3.33. The average Bonchev–Trinajstić information content (AvgIpc) is 2.54. The summed E-state index contributed by atoms with van der Waals surface area (Å²) in [7, 11) is 1.54. The Hall–Kier alpha value is -2.54. The van der Waals surface area contributed by atoms with Gasteiger partial charge in [-0.1, -0.05) is 18.2 Å². The van der Waals surface area contributed by atoms with Gasteiger partial charge in [0, 0.05) is 7.11 Å². The van der Waals surface area contributed by atoms with E-state index in [1.807, 2.05) is 0 Å². The molecule has 0 unspecified atom stereocenters. The summed E-state index contributed by atoms with van der Waals surface area (Å²) in [6.45, 7) is 2.07. The first-order valence-corrected chi connectivity index (χ1v) is 7.43. The zero-order valence-corrected chi connectivity index (χ0v) is 13.7. The van der Waals surface area contributed by atoms with Crippen molar-refractivity contribution >= 4 is 5.78 Å². The van der Waals surface area contributed by atoms with Crippen LogP contribution in [0.2, 0.25) is 0 Å². The summed E-state index contributed by atoms with van der Waals surface area (Å²) in [6, 6.07) is 10.5. The van der Waals surface area contributed by atoms with Crippen molar-refractivity contribution in [3.05, 3.63) is 48.0 Å². The molecule has 2 aromatic carbocycles. The molecule has 0 aliphatic rings. The first-order valence-electron chi connectivity index (χ1n) is 7.43. The Morgan fingerprint density at radius 3 is 2.20 bits per heavy atom. The number of rotatable bonds is 7. The zero-order valence-electron chi connectivity index (χ0n) is 13.7. The summed E-state index contributed by atoms with van der Waals surface area (Å²) in [6.07, 6.45) is -4.73. The monoisotopic (exact) mass is 354 g/mol. The van der Waals surface area contributed by atoms with Gasteiger partial charge >= 0.3 is 6.36 Å². The van der Waals surface area contributed by atoms with Crippen LogP contribution in [0.3, 0.4) is 0 Å². The van der Waals surface area contributed by atoms with Crippen LogP contribution in [0.1, 0.15) is 17.3 Å². The van der Waals surface area contributed by atoms with Crippen LogP contribution in [0.15, 0.2) is 42.5 Å². The predicted octanol–water partition coefficient (Wildman–Crippen LogP) is 4.48. The molecule has 25 heavy (non-hydrogen) atoms.